The van der Waals surface area contributed by atoms with Crippen LogP contribution in [0.3, 0.4) is 0 Å². The van der Waals surface area contributed by atoms with Crippen molar-refractivity contribution in [2.45, 2.75) is 53.0 Å². The summed E-state index contributed by atoms with van der Waals surface area (Å²) in [6, 6.07) is 6.13. The van der Waals surface area contributed by atoms with Gasteiger partial charge in [-0.05, 0) is 32.4 Å². The summed E-state index contributed by atoms with van der Waals surface area (Å²) in [7, 11) is 0. The minimum absolute atomic E-state index is 0.664. The Balaban J connectivity index is 2.71. The molecule has 0 heterocycles. The van der Waals surface area contributed by atoms with Gasteiger partial charge < -0.3 is 14.8 Å². The Morgan fingerprint density at radius 3 is 2.55 bits per heavy atom. The molecule has 0 radical (unpaired) electrons. The molecule has 1 aromatic carbocycles. The molecule has 0 bridgehead atoms. The second-order valence-corrected chi connectivity index (χ2v) is 4.91. The van der Waals surface area contributed by atoms with E-state index in [2.05, 4.69) is 25.2 Å². The van der Waals surface area contributed by atoms with E-state index < -0.39 is 0 Å². The molecule has 3 nitrogen and oxygen atoms in total. The maximum absolute atomic E-state index is 5.99. The third-order valence-corrected chi connectivity index (χ3v) is 3.10. The van der Waals surface area contributed by atoms with Gasteiger partial charge in [-0.1, -0.05) is 38.8 Å². The fourth-order valence-electron chi connectivity index (χ4n) is 2.06. The van der Waals surface area contributed by atoms with Crippen LogP contribution in [0.2, 0.25) is 0 Å². The van der Waals surface area contributed by atoms with Gasteiger partial charge in [0.05, 0.1) is 13.2 Å². The fourth-order valence-corrected chi connectivity index (χ4v) is 2.06. The normalized spacial score (nSPS) is 10.6. The first kappa shape index (κ1) is 16.8. The molecule has 1 aromatic rings. The van der Waals surface area contributed by atoms with Crippen LogP contribution in [0.25, 0.3) is 0 Å². The van der Waals surface area contributed by atoms with Crippen LogP contribution in [0.5, 0.6) is 11.5 Å². The SMILES string of the molecule is CCCCCOc1c(CNCCC)cccc1OCC. The first-order chi connectivity index (χ1) is 9.83. The van der Waals surface area contributed by atoms with Gasteiger partial charge in [-0.15, -0.1) is 0 Å². The standard InChI is InChI=1S/C17H29NO2/c1-4-7-8-13-20-17-15(14-18-12-5-2)10-9-11-16(17)19-6-3/h9-11,18H,4-8,12-14H2,1-3H3. The maximum Gasteiger partial charge on any atom is 0.165 e. The Morgan fingerprint density at radius 1 is 1.00 bits per heavy atom. The van der Waals surface area contributed by atoms with Gasteiger partial charge in [0.15, 0.2) is 11.5 Å². The number of hydrogen-bond donors (Lipinski definition) is 1. The van der Waals surface area contributed by atoms with Crippen molar-refractivity contribution < 1.29 is 9.47 Å². The Labute approximate surface area is 123 Å². The fraction of sp³-hybridized carbons (Fsp3) is 0.647. The smallest absolute Gasteiger partial charge is 0.165 e. The molecule has 0 amide bonds. The number of ether oxygens (including phenoxy) is 2. The predicted molar refractivity (Wildman–Crippen MR) is 84.6 cm³/mol. The summed E-state index contributed by atoms with van der Waals surface area (Å²) >= 11 is 0. The Kier molecular flexibility index (Phi) is 8.88. The number of rotatable bonds is 11. The van der Waals surface area contributed by atoms with Crippen LogP contribution >= 0.6 is 0 Å². The van der Waals surface area contributed by atoms with E-state index in [4.69, 9.17) is 9.47 Å². The minimum Gasteiger partial charge on any atom is -0.490 e. The number of nitrogens with one attached hydrogen (secondary N) is 1. The summed E-state index contributed by atoms with van der Waals surface area (Å²) in [5.41, 5.74) is 1.18. The molecule has 1 rings (SSSR count). The van der Waals surface area contributed by atoms with Crippen molar-refractivity contribution in [2.24, 2.45) is 0 Å². The summed E-state index contributed by atoms with van der Waals surface area (Å²) in [4.78, 5) is 0. The maximum atomic E-state index is 5.99. The van der Waals surface area contributed by atoms with Crippen LogP contribution in [-0.4, -0.2) is 19.8 Å². The van der Waals surface area contributed by atoms with E-state index in [-0.39, 0.29) is 0 Å². The second kappa shape index (κ2) is 10.6. The van der Waals surface area contributed by atoms with Gasteiger partial charge in [0.1, 0.15) is 0 Å². The first-order valence-corrected chi connectivity index (χ1v) is 7.91. The average molecular weight is 279 g/mol. The number of hydrogen-bond acceptors (Lipinski definition) is 3. The average Bonchev–Trinajstić information content (AvgIpc) is 2.46. The van der Waals surface area contributed by atoms with Gasteiger partial charge in [0, 0.05) is 12.1 Å². The number of para-hydroxylation sites is 1. The third-order valence-electron chi connectivity index (χ3n) is 3.10. The molecular formula is C17H29NO2. The molecule has 0 saturated carbocycles. The van der Waals surface area contributed by atoms with Gasteiger partial charge in [-0.25, -0.2) is 0 Å². The van der Waals surface area contributed by atoms with Crippen molar-refractivity contribution in [3.05, 3.63) is 23.8 Å². The molecule has 3 heteroatoms. The van der Waals surface area contributed by atoms with Crippen molar-refractivity contribution in [1.29, 1.82) is 0 Å². The molecule has 20 heavy (non-hydrogen) atoms. The molecule has 1 N–H and O–H groups in total. The highest BCUT2D eigenvalue weighted by Crippen LogP contribution is 2.31. The molecule has 0 fully saturated rings. The molecule has 0 atom stereocenters. The van der Waals surface area contributed by atoms with E-state index in [0.29, 0.717) is 6.61 Å². The van der Waals surface area contributed by atoms with E-state index >= 15 is 0 Å². The quantitative estimate of drug-likeness (QED) is 0.617. The van der Waals surface area contributed by atoms with Gasteiger partial charge in [0.2, 0.25) is 0 Å². The summed E-state index contributed by atoms with van der Waals surface area (Å²) in [5.74, 6) is 1.77. The largest absolute Gasteiger partial charge is 0.490 e. The lowest BCUT2D eigenvalue weighted by atomic mass is 10.1. The number of benzene rings is 1. The summed E-state index contributed by atoms with van der Waals surface area (Å²) in [6.45, 7) is 9.66. The molecule has 0 aliphatic rings. The lowest BCUT2D eigenvalue weighted by Crippen LogP contribution is -2.15. The van der Waals surface area contributed by atoms with Crippen LogP contribution < -0.4 is 14.8 Å². The summed E-state index contributed by atoms with van der Waals surface area (Å²) in [5, 5.41) is 3.43. The molecular weight excluding hydrogens is 250 g/mol. The van der Waals surface area contributed by atoms with Crippen molar-refractivity contribution in [2.75, 3.05) is 19.8 Å². The predicted octanol–water partition coefficient (Wildman–Crippen LogP) is 4.15. The van der Waals surface area contributed by atoms with Crippen molar-refractivity contribution in [3.8, 4) is 11.5 Å². The Morgan fingerprint density at radius 2 is 1.85 bits per heavy atom. The highest BCUT2D eigenvalue weighted by Gasteiger charge is 2.10. The third kappa shape index (κ3) is 5.83. The molecule has 0 unspecified atom stereocenters. The van der Waals surface area contributed by atoms with Crippen molar-refractivity contribution >= 4 is 0 Å². The molecule has 114 valence electrons. The molecule has 0 aromatic heterocycles. The molecule has 0 aliphatic carbocycles. The Hall–Kier alpha value is -1.22. The van der Waals surface area contributed by atoms with Gasteiger partial charge in [-0.3, -0.25) is 0 Å². The summed E-state index contributed by atoms with van der Waals surface area (Å²) < 4.78 is 11.7. The zero-order valence-corrected chi connectivity index (χ0v) is 13.2. The van der Waals surface area contributed by atoms with Crippen LogP contribution in [0.1, 0.15) is 52.0 Å². The lowest BCUT2D eigenvalue weighted by Gasteiger charge is -2.16. The second-order valence-electron chi connectivity index (χ2n) is 4.91. The van der Waals surface area contributed by atoms with E-state index in [1.165, 1.54) is 18.4 Å². The topological polar surface area (TPSA) is 30.5 Å². The van der Waals surface area contributed by atoms with E-state index in [9.17, 15) is 0 Å². The monoisotopic (exact) mass is 279 g/mol. The summed E-state index contributed by atoms with van der Waals surface area (Å²) in [6.07, 6.45) is 4.65. The number of unbranched alkanes of at least 4 members (excludes halogenated alkanes) is 2. The van der Waals surface area contributed by atoms with Crippen molar-refractivity contribution in [1.82, 2.24) is 5.32 Å². The van der Waals surface area contributed by atoms with E-state index in [0.717, 1.165) is 44.0 Å². The molecule has 0 aliphatic heterocycles. The van der Waals surface area contributed by atoms with Crippen LogP contribution in [0.4, 0.5) is 0 Å². The van der Waals surface area contributed by atoms with Crippen molar-refractivity contribution in [3.63, 3.8) is 0 Å². The first-order valence-electron chi connectivity index (χ1n) is 7.91. The Bertz CT molecular complexity index is 366. The zero-order chi connectivity index (χ0) is 14.6. The lowest BCUT2D eigenvalue weighted by molar-refractivity contribution is 0.268. The minimum atomic E-state index is 0.664. The van der Waals surface area contributed by atoms with Gasteiger partial charge in [-0.2, -0.15) is 0 Å². The van der Waals surface area contributed by atoms with Crippen LogP contribution in [0, 0.1) is 0 Å². The molecule has 0 spiro atoms. The molecule has 0 saturated heterocycles. The highest BCUT2D eigenvalue weighted by molar-refractivity contribution is 5.46. The van der Waals surface area contributed by atoms with Crippen LogP contribution in [-0.2, 0) is 6.54 Å². The zero-order valence-electron chi connectivity index (χ0n) is 13.2. The van der Waals surface area contributed by atoms with Gasteiger partial charge in [0.25, 0.3) is 0 Å². The highest BCUT2D eigenvalue weighted by atomic mass is 16.5. The van der Waals surface area contributed by atoms with E-state index in [1.807, 2.05) is 19.1 Å². The van der Waals surface area contributed by atoms with Crippen LogP contribution in [0.15, 0.2) is 18.2 Å². The van der Waals surface area contributed by atoms with E-state index in [1.54, 1.807) is 0 Å². The van der Waals surface area contributed by atoms with Gasteiger partial charge >= 0.3 is 0 Å².